The lowest BCUT2D eigenvalue weighted by atomic mass is 9.88. The van der Waals surface area contributed by atoms with E-state index in [0.717, 1.165) is 11.9 Å². The fourth-order valence-electron chi connectivity index (χ4n) is 4.08. The normalized spacial score (nSPS) is 16.4. The number of halogens is 4. The number of alkyl halides is 3. The number of pyridine rings is 1. The lowest BCUT2D eigenvalue weighted by Gasteiger charge is -2.19. The first kappa shape index (κ1) is 25.4. The van der Waals surface area contributed by atoms with E-state index in [1.165, 1.54) is 7.05 Å². The molecule has 2 amide bonds. The molecule has 0 fully saturated rings. The van der Waals surface area contributed by atoms with E-state index < -0.39 is 40.6 Å². The topological polar surface area (TPSA) is 101 Å². The van der Waals surface area contributed by atoms with Crippen molar-refractivity contribution in [2.75, 3.05) is 12.4 Å². The minimum absolute atomic E-state index is 0.169. The summed E-state index contributed by atoms with van der Waals surface area (Å²) in [5, 5.41) is 9.12. The number of amides is 2. The van der Waals surface area contributed by atoms with Gasteiger partial charge in [0.2, 0.25) is 5.91 Å². The van der Waals surface area contributed by atoms with Gasteiger partial charge in [-0.3, -0.25) is 9.59 Å². The summed E-state index contributed by atoms with van der Waals surface area (Å²) in [6.07, 6.45) is -1.85. The van der Waals surface area contributed by atoms with Crippen molar-refractivity contribution in [3.05, 3.63) is 52.2 Å². The molecule has 0 spiro atoms. The van der Waals surface area contributed by atoms with Crippen molar-refractivity contribution in [2.45, 2.75) is 51.6 Å². The molecule has 8 nitrogen and oxygen atoms in total. The van der Waals surface area contributed by atoms with Gasteiger partial charge in [0.25, 0.3) is 5.91 Å². The van der Waals surface area contributed by atoms with Crippen LogP contribution in [0.4, 0.5) is 18.9 Å². The maximum atomic E-state index is 13.5. The van der Waals surface area contributed by atoms with E-state index in [1.54, 1.807) is 16.8 Å². The second kappa shape index (κ2) is 9.21. The average Bonchev–Trinajstić information content (AvgIpc) is 3.29. The number of carbonyl (C=O) groups excluding carboxylic acids is 2. The summed E-state index contributed by atoms with van der Waals surface area (Å²) in [6.45, 7) is 7.88. The van der Waals surface area contributed by atoms with Crippen molar-refractivity contribution >= 4 is 34.7 Å². The molecule has 3 heterocycles. The molecule has 182 valence electrons. The maximum absolute atomic E-state index is 13.5. The standard InChI is InChI=1S/C20H18ClF3N6O2.C2H6/c1-19(2)6-10(11-8-26-14-5-13(21)29-30(14)16(11)19)17(31)28-9-4-12(20(22,23)24)15(27-7-9)18(32)25-3;1-2/h4-5,7-8,10H,6H2,1-3H3,(H,25,32)(H,28,31);1-2H3. The Morgan fingerprint density at radius 2 is 1.85 bits per heavy atom. The number of hydrogen-bond donors (Lipinski definition) is 2. The van der Waals surface area contributed by atoms with E-state index >= 15 is 0 Å². The summed E-state index contributed by atoms with van der Waals surface area (Å²) in [4.78, 5) is 32.7. The molecule has 2 N–H and O–H groups in total. The fraction of sp³-hybridized carbons (Fsp3) is 0.409. The van der Waals surface area contributed by atoms with Crippen LogP contribution >= 0.6 is 11.6 Å². The Balaban J connectivity index is 0.00000158. The number of nitrogens with one attached hydrogen (secondary N) is 2. The van der Waals surface area contributed by atoms with Crippen LogP contribution in [-0.4, -0.2) is 38.4 Å². The largest absolute Gasteiger partial charge is 0.418 e. The Kier molecular flexibility index (Phi) is 6.88. The number of hydrogen-bond acceptors (Lipinski definition) is 5. The number of rotatable bonds is 3. The number of nitrogens with zero attached hydrogens (tertiary/aromatic N) is 4. The van der Waals surface area contributed by atoms with E-state index in [9.17, 15) is 22.8 Å². The molecule has 12 heteroatoms. The SMILES string of the molecule is CC.CNC(=O)c1ncc(NC(=O)C2CC(C)(C)c3c2cnc2cc(Cl)nn32)cc1C(F)(F)F. The summed E-state index contributed by atoms with van der Waals surface area (Å²) >= 11 is 6.00. The van der Waals surface area contributed by atoms with Gasteiger partial charge in [-0.2, -0.15) is 18.3 Å². The minimum Gasteiger partial charge on any atom is -0.354 e. The van der Waals surface area contributed by atoms with Crippen LogP contribution in [0.3, 0.4) is 0 Å². The second-order valence-electron chi connectivity index (χ2n) is 8.13. The highest BCUT2D eigenvalue weighted by Gasteiger charge is 2.43. The first-order valence-corrected chi connectivity index (χ1v) is 10.9. The molecular formula is C22H24ClF3N6O2. The van der Waals surface area contributed by atoms with Crippen molar-refractivity contribution < 1.29 is 22.8 Å². The summed E-state index contributed by atoms with van der Waals surface area (Å²) in [5.74, 6) is -2.17. The predicted molar refractivity (Wildman–Crippen MR) is 121 cm³/mol. The molecule has 0 saturated heterocycles. The highest BCUT2D eigenvalue weighted by atomic mass is 35.5. The highest BCUT2D eigenvalue weighted by Crippen LogP contribution is 2.46. The van der Waals surface area contributed by atoms with Crippen molar-refractivity contribution in [2.24, 2.45) is 0 Å². The Morgan fingerprint density at radius 3 is 2.47 bits per heavy atom. The maximum Gasteiger partial charge on any atom is 0.418 e. The van der Waals surface area contributed by atoms with Gasteiger partial charge in [0.1, 0.15) is 5.69 Å². The van der Waals surface area contributed by atoms with Crippen LogP contribution in [0.1, 0.15) is 67.3 Å². The molecular weight excluding hydrogens is 473 g/mol. The molecule has 3 aromatic heterocycles. The number of anilines is 1. The molecule has 0 saturated carbocycles. The Bertz CT molecular complexity index is 1260. The van der Waals surface area contributed by atoms with Crippen molar-refractivity contribution in [1.29, 1.82) is 0 Å². The number of aromatic nitrogens is 4. The Hall–Kier alpha value is -3.21. The first-order chi connectivity index (χ1) is 15.9. The quantitative estimate of drug-likeness (QED) is 0.552. The third-order valence-electron chi connectivity index (χ3n) is 5.43. The van der Waals surface area contributed by atoms with E-state index in [0.29, 0.717) is 23.7 Å². The molecule has 3 aromatic rings. The summed E-state index contributed by atoms with van der Waals surface area (Å²) in [7, 11) is 1.21. The molecule has 1 aliphatic rings. The van der Waals surface area contributed by atoms with Gasteiger partial charge >= 0.3 is 6.18 Å². The van der Waals surface area contributed by atoms with Crippen LogP contribution in [0.5, 0.6) is 0 Å². The van der Waals surface area contributed by atoms with E-state index in [-0.39, 0.29) is 10.8 Å². The smallest absolute Gasteiger partial charge is 0.354 e. The second-order valence-corrected chi connectivity index (χ2v) is 8.51. The zero-order valence-electron chi connectivity index (χ0n) is 19.2. The van der Waals surface area contributed by atoms with E-state index in [2.05, 4.69) is 25.7 Å². The highest BCUT2D eigenvalue weighted by molar-refractivity contribution is 6.29. The number of carbonyl (C=O) groups is 2. The molecule has 34 heavy (non-hydrogen) atoms. The van der Waals surface area contributed by atoms with Crippen LogP contribution < -0.4 is 10.6 Å². The van der Waals surface area contributed by atoms with Gasteiger partial charge in [-0.05, 0) is 12.5 Å². The third-order valence-corrected chi connectivity index (χ3v) is 5.62. The summed E-state index contributed by atoms with van der Waals surface area (Å²) < 4.78 is 41.9. The van der Waals surface area contributed by atoms with Crippen molar-refractivity contribution in [3.8, 4) is 0 Å². The van der Waals surface area contributed by atoms with Crippen LogP contribution in [0, 0.1) is 0 Å². The molecule has 0 bridgehead atoms. The molecule has 1 unspecified atom stereocenters. The van der Waals surface area contributed by atoms with Crippen molar-refractivity contribution in [1.82, 2.24) is 24.9 Å². The molecule has 1 atom stereocenters. The zero-order chi connectivity index (χ0) is 25.4. The average molecular weight is 497 g/mol. The monoisotopic (exact) mass is 496 g/mol. The van der Waals surface area contributed by atoms with Crippen molar-refractivity contribution in [3.63, 3.8) is 0 Å². The molecule has 0 aromatic carbocycles. The lowest BCUT2D eigenvalue weighted by Crippen LogP contribution is -2.25. The summed E-state index contributed by atoms with van der Waals surface area (Å²) in [5.41, 5.74) is -0.732. The van der Waals surface area contributed by atoms with E-state index in [4.69, 9.17) is 11.6 Å². The molecule has 1 aliphatic carbocycles. The van der Waals surface area contributed by atoms with Crippen LogP contribution in [0.15, 0.2) is 24.5 Å². The van der Waals surface area contributed by atoms with Gasteiger partial charge in [0, 0.05) is 30.3 Å². The van der Waals surface area contributed by atoms with Gasteiger partial charge in [-0.25, -0.2) is 14.5 Å². The van der Waals surface area contributed by atoms with E-state index in [1.807, 2.05) is 27.7 Å². The molecule has 0 aliphatic heterocycles. The van der Waals surface area contributed by atoms with Gasteiger partial charge in [-0.15, -0.1) is 0 Å². The van der Waals surface area contributed by atoms with Crippen LogP contribution in [0.2, 0.25) is 5.15 Å². The fourth-order valence-corrected chi connectivity index (χ4v) is 4.25. The lowest BCUT2D eigenvalue weighted by molar-refractivity contribution is -0.138. The van der Waals surface area contributed by atoms with Gasteiger partial charge in [0.05, 0.1) is 29.1 Å². The Labute approximate surface area is 198 Å². The molecule has 4 rings (SSSR count). The van der Waals surface area contributed by atoms with Gasteiger partial charge in [-0.1, -0.05) is 39.3 Å². The Morgan fingerprint density at radius 1 is 1.18 bits per heavy atom. The third kappa shape index (κ3) is 4.56. The molecule has 0 radical (unpaired) electrons. The number of fused-ring (bicyclic) bond motifs is 3. The van der Waals surface area contributed by atoms with Crippen LogP contribution in [0.25, 0.3) is 5.65 Å². The summed E-state index contributed by atoms with van der Waals surface area (Å²) in [6, 6.07) is 2.30. The predicted octanol–water partition coefficient (Wildman–Crippen LogP) is 4.59. The van der Waals surface area contributed by atoms with Crippen LogP contribution in [-0.2, 0) is 16.4 Å². The van der Waals surface area contributed by atoms with Gasteiger partial charge < -0.3 is 10.6 Å². The zero-order valence-corrected chi connectivity index (χ0v) is 20.0. The van der Waals surface area contributed by atoms with Gasteiger partial charge in [0.15, 0.2) is 10.8 Å². The minimum atomic E-state index is -4.83. The first-order valence-electron chi connectivity index (χ1n) is 10.6.